The number of carbonyl (C=O) groups is 2. The smallest absolute Gasteiger partial charge is 0.328 e. The summed E-state index contributed by atoms with van der Waals surface area (Å²) in [6.07, 6.45) is 3.22. The Labute approximate surface area is 212 Å². The molecule has 2 aromatic heterocycles. The lowest BCUT2D eigenvalue weighted by molar-refractivity contribution is -0.134. The summed E-state index contributed by atoms with van der Waals surface area (Å²) in [5.74, 6) is -2.59. The highest BCUT2D eigenvalue weighted by Crippen LogP contribution is 2.36. The van der Waals surface area contributed by atoms with E-state index in [2.05, 4.69) is 20.9 Å². The van der Waals surface area contributed by atoms with Gasteiger partial charge in [0, 0.05) is 48.9 Å². The number of aromatic nitrogens is 2. The van der Waals surface area contributed by atoms with Crippen LogP contribution in [0.15, 0.2) is 53.6 Å². The SMILES string of the molecule is CN1CCCN(S(=O)(=O)c2ccc(-c3c(O)[nH]c4ccc(C#N)cc34)nc2)CC1.O=C(O)C=CC(=O)O. The second-order valence-electron chi connectivity index (χ2n) is 8.17. The molecule has 194 valence electrons. The minimum Gasteiger partial charge on any atom is -0.494 e. The number of pyridine rings is 1. The Morgan fingerprint density at radius 3 is 2.38 bits per heavy atom. The number of H-pyrrole nitrogens is 1. The zero-order chi connectivity index (χ0) is 27.2. The summed E-state index contributed by atoms with van der Waals surface area (Å²) in [6, 6.07) is 10.2. The number of nitriles is 1. The van der Waals surface area contributed by atoms with Crippen molar-refractivity contribution in [1.29, 1.82) is 5.26 Å². The lowest BCUT2D eigenvalue weighted by atomic mass is 10.1. The van der Waals surface area contributed by atoms with Crippen molar-refractivity contribution in [3.8, 4) is 23.2 Å². The van der Waals surface area contributed by atoms with Crippen molar-refractivity contribution in [2.75, 3.05) is 33.2 Å². The van der Waals surface area contributed by atoms with E-state index in [4.69, 9.17) is 15.5 Å². The maximum atomic E-state index is 13.0. The number of hydrogen-bond donors (Lipinski definition) is 4. The van der Waals surface area contributed by atoms with Gasteiger partial charge in [0.2, 0.25) is 10.0 Å². The Balaban J connectivity index is 0.000000414. The number of aromatic hydroxyl groups is 1. The van der Waals surface area contributed by atoms with E-state index >= 15 is 0 Å². The summed E-state index contributed by atoms with van der Waals surface area (Å²) in [5, 5.41) is 35.7. The van der Waals surface area contributed by atoms with E-state index in [0.717, 1.165) is 13.0 Å². The number of hydrogen-bond acceptors (Lipinski definition) is 8. The molecule has 1 aromatic carbocycles. The van der Waals surface area contributed by atoms with Crippen molar-refractivity contribution in [1.82, 2.24) is 19.2 Å². The molecule has 1 saturated heterocycles. The summed E-state index contributed by atoms with van der Waals surface area (Å²) in [7, 11) is -1.64. The monoisotopic (exact) mass is 527 g/mol. The third-order valence-corrected chi connectivity index (χ3v) is 7.47. The Morgan fingerprint density at radius 2 is 1.78 bits per heavy atom. The lowest BCUT2D eigenvalue weighted by Gasteiger charge is -2.20. The molecule has 0 aliphatic carbocycles. The Hall–Kier alpha value is -4.25. The predicted octanol–water partition coefficient (Wildman–Crippen LogP) is 1.85. The molecule has 0 spiro atoms. The highest BCUT2D eigenvalue weighted by atomic mass is 32.2. The first-order chi connectivity index (χ1) is 17.5. The van der Waals surface area contributed by atoms with Crippen LogP contribution in [0.3, 0.4) is 0 Å². The molecule has 12 nitrogen and oxygen atoms in total. The zero-order valence-corrected chi connectivity index (χ0v) is 20.6. The van der Waals surface area contributed by atoms with Gasteiger partial charge in [0.1, 0.15) is 4.90 Å². The second-order valence-corrected chi connectivity index (χ2v) is 10.1. The summed E-state index contributed by atoms with van der Waals surface area (Å²) in [4.78, 5) is 28.5. The molecule has 0 amide bonds. The Morgan fingerprint density at radius 1 is 1.08 bits per heavy atom. The van der Waals surface area contributed by atoms with Gasteiger partial charge in [-0.2, -0.15) is 9.57 Å². The van der Waals surface area contributed by atoms with Gasteiger partial charge in [0.15, 0.2) is 5.88 Å². The van der Waals surface area contributed by atoms with Gasteiger partial charge < -0.3 is 25.2 Å². The highest BCUT2D eigenvalue weighted by Gasteiger charge is 2.27. The Bertz CT molecular complexity index is 1460. The molecule has 3 aromatic rings. The molecular formula is C24H25N5O7S. The quantitative estimate of drug-likeness (QED) is 0.356. The number of carboxylic acids is 2. The first-order valence-corrected chi connectivity index (χ1v) is 12.5. The van der Waals surface area contributed by atoms with Crippen LogP contribution < -0.4 is 0 Å². The second kappa shape index (κ2) is 11.7. The number of aliphatic carboxylic acids is 2. The van der Waals surface area contributed by atoms with E-state index in [1.807, 2.05) is 7.05 Å². The number of fused-ring (bicyclic) bond motifs is 1. The summed E-state index contributed by atoms with van der Waals surface area (Å²) >= 11 is 0. The highest BCUT2D eigenvalue weighted by molar-refractivity contribution is 7.89. The van der Waals surface area contributed by atoms with Crippen LogP contribution in [0.2, 0.25) is 0 Å². The zero-order valence-electron chi connectivity index (χ0n) is 19.8. The molecule has 0 saturated carbocycles. The van der Waals surface area contributed by atoms with Gasteiger partial charge >= 0.3 is 11.9 Å². The van der Waals surface area contributed by atoms with E-state index in [0.29, 0.717) is 59.5 Å². The van der Waals surface area contributed by atoms with Crippen molar-refractivity contribution in [2.24, 2.45) is 0 Å². The summed E-state index contributed by atoms with van der Waals surface area (Å²) in [6.45, 7) is 2.48. The average molecular weight is 528 g/mol. The molecule has 0 atom stereocenters. The average Bonchev–Trinajstić information content (AvgIpc) is 3.02. The number of carboxylic acid groups (broad SMARTS) is 2. The molecule has 3 heterocycles. The van der Waals surface area contributed by atoms with Gasteiger partial charge in [0.25, 0.3) is 0 Å². The molecule has 0 bridgehead atoms. The van der Waals surface area contributed by atoms with Crippen LogP contribution >= 0.6 is 0 Å². The molecule has 0 unspecified atom stereocenters. The van der Waals surface area contributed by atoms with Crippen LogP contribution in [-0.2, 0) is 19.6 Å². The van der Waals surface area contributed by atoms with Crippen molar-refractivity contribution in [3.63, 3.8) is 0 Å². The van der Waals surface area contributed by atoms with Gasteiger partial charge in [-0.05, 0) is 50.3 Å². The van der Waals surface area contributed by atoms with Crippen molar-refractivity contribution in [2.45, 2.75) is 11.3 Å². The van der Waals surface area contributed by atoms with Crippen LogP contribution in [0, 0.1) is 11.3 Å². The van der Waals surface area contributed by atoms with Gasteiger partial charge in [-0.1, -0.05) is 0 Å². The van der Waals surface area contributed by atoms with Gasteiger partial charge in [-0.25, -0.2) is 18.0 Å². The number of benzene rings is 1. The molecule has 1 aliphatic heterocycles. The Kier molecular flexibility index (Phi) is 8.61. The molecule has 1 aliphatic rings. The first-order valence-electron chi connectivity index (χ1n) is 11.1. The van der Waals surface area contributed by atoms with Crippen LogP contribution in [0.1, 0.15) is 12.0 Å². The topological polar surface area (TPSA) is 188 Å². The number of sulfonamides is 1. The van der Waals surface area contributed by atoms with E-state index in [-0.39, 0.29) is 10.8 Å². The maximum Gasteiger partial charge on any atom is 0.328 e. The van der Waals surface area contributed by atoms with E-state index < -0.39 is 22.0 Å². The van der Waals surface area contributed by atoms with Crippen LogP contribution in [-0.4, -0.2) is 88.1 Å². The lowest BCUT2D eigenvalue weighted by Crippen LogP contribution is -2.34. The van der Waals surface area contributed by atoms with Gasteiger partial charge in [-0.3, -0.25) is 4.98 Å². The minimum absolute atomic E-state index is 0.0752. The number of nitrogens with one attached hydrogen (secondary N) is 1. The van der Waals surface area contributed by atoms with Crippen LogP contribution in [0.25, 0.3) is 22.2 Å². The van der Waals surface area contributed by atoms with E-state index in [1.165, 1.54) is 16.6 Å². The fourth-order valence-corrected chi connectivity index (χ4v) is 5.16. The first kappa shape index (κ1) is 27.3. The normalized spacial score (nSPS) is 15.0. The summed E-state index contributed by atoms with van der Waals surface area (Å²) < 4.78 is 27.5. The standard InChI is InChI=1S/C20H21N5O3S.C4H4O4/c1-24-7-2-8-25(10-9-24)29(27,28)15-4-6-18(22-13-15)19-16-11-14(12-21)3-5-17(16)23-20(19)26;5-3(6)1-2-4(7)8/h3-6,11,13,23,26H,2,7-10H2,1H3;1-2H,(H,5,6)(H,7,8). The molecular weight excluding hydrogens is 502 g/mol. The van der Waals surface area contributed by atoms with Gasteiger partial charge in [-0.15, -0.1) is 0 Å². The molecule has 4 N–H and O–H groups in total. The molecule has 37 heavy (non-hydrogen) atoms. The van der Waals surface area contributed by atoms with Crippen LogP contribution in [0.4, 0.5) is 0 Å². The maximum absolute atomic E-state index is 13.0. The van der Waals surface area contributed by atoms with Crippen LogP contribution in [0.5, 0.6) is 5.88 Å². The largest absolute Gasteiger partial charge is 0.494 e. The molecule has 4 rings (SSSR count). The van der Waals surface area contributed by atoms with Gasteiger partial charge in [0.05, 0.1) is 22.9 Å². The third kappa shape index (κ3) is 6.70. The molecule has 1 fully saturated rings. The predicted molar refractivity (Wildman–Crippen MR) is 133 cm³/mol. The minimum atomic E-state index is -3.63. The van der Waals surface area contributed by atoms with Crippen molar-refractivity contribution in [3.05, 3.63) is 54.2 Å². The molecule has 0 radical (unpaired) electrons. The summed E-state index contributed by atoms with van der Waals surface area (Å²) in [5.41, 5.74) is 2.00. The third-order valence-electron chi connectivity index (χ3n) is 5.59. The van der Waals surface area contributed by atoms with Crippen molar-refractivity contribution < 1.29 is 33.3 Å². The fourth-order valence-electron chi connectivity index (χ4n) is 3.74. The number of aromatic amines is 1. The number of likely N-dealkylation sites (N-methyl/N-ethyl adjacent to an activating group) is 1. The fraction of sp³-hybridized carbons (Fsp3) is 0.250. The molecule has 13 heteroatoms. The number of nitrogens with zero attached hydrogens (tertiary/aromatic N) is 4. The van der Waals surface area contributed by atoms with Crippen molar-refractivity contribution >= 4 is 32.9 Å². The van der Waals surface area contributed by atoms with E-state index in [9.17, 15) is 23.1 Å². The number of rotatable bonds is 5. The van der Waals surface area contributed by atoms with E-state index in [1.54, 1.807) is 24.3 Å².